The monoisotopic (exact) mass is 1410 g/mol. The summed E-state index contributed by atoms with van der Waals surface area (Å²) in [4.78, 5) is 20.1. The van der Waals surface area contributed by atoms with Gasteiger partial charge in [-0.1, -0.05) is 293 Å². The molecule has 4 aromatic heterocycles. The minimum absolute atomic E-state index is 0.858. The van der Waals surface area contributed by atoms with E-state index in [1.165, 1.54) is 59.8 Å². The second-order valence-electron chi connectivity index (χ2n) is 28.7. The van der Waals surface area contributed by atoms with E-state index in [0.29, 0.717) is 0 Å². The van der Waals surface area contributed by atoms with Crippen LogP contribution in [0, 0.1) is 0 Å². The zero-order valence-corrected chi connectivity index (χ0v) is 60.7. The third kappa shape index (κ3) is 11.9. The highest BCUT2D eigenvalue weighted by Gasteiger charge is 2.22. The van der Waals surface area contributed by atoms with Gasteiger partial charge in [-0.3, -0.25) is 19.5 Å². The Labute approximate surface area is 643 Å². The molecule has 4 heterocycles. The summed E-state index contributed by atoms with van der Waals surface area (Å²) >= 11 is 0. The largest absolute Gasteiger partial charge is 0.292 e. The third-order valence-electron chi connectivity index (χ3n) is 22.2. The van der Waals surface area contributed by atoms with E-state index in [9.17, 15) is 0 Å². The Bertz CT molecular complexity index is 7100. The van der Waals surface area contributed by atoms with Crippen molar-refractivity contribution in [3.8, 4) is 106 Å². The van der Waals surface area contributed by atoms with Crippen molar-refractivity contribution in [3.63, 3.8) is 0 Å². The summed E-state index contributed by atoms with van der Waals surface area (Å²) in [5.74, 6) is 0.865. The summed E-state index contributed by atoms with van der Waals surface area (Å²) in [6.45, 7) is 12.1. The molecule has 20 aromatic rings. The van der Waals surface area contributed by atoms with Gasteiger partial charge < -0.3 is 0 Å². The molecule has 0 N–H and O–H groups in total. The predicted octanol–water partition coefficient (Wildman–Crippen LogP) is 28.4. The van der Waals surface area contributed by atoms with Gasteiger partial charge in [0.2, 0.25) is 0 Å². The molecule has 0 amide bonds. The van der Waals surface area contributed by atoms with Crippen LogP contribution in [0.2, 0.25) is 0 Å². The Hall–Kier alpha value is -14.8. The Morgan fingerprint density at radius 3 is 1.34 bits per heavy atom. The lowest BCUT2D eigenvalue weighted by Crippen LogP contribution is -1.99. The molecule has 5 nitrogen and oxygen atoms in total. The summed E-state index contributed by atoms with van der Waals surface area (Å²) in [6, 6.07) is 122. The number of fused-ring (bicyclic) bond motifs is 11. The van der Waals surface area contributed by atoms with Crippen LogP contribution in [0.25, 0.3) is 223 Å². The van der Waals surface area contributed by atoms with Crippen molar-refractivity contribution in [2.75, 3.05) is 0 Å². The summed E-state index contributed by atoms with van der Waals surface area (Å²) < 4.78 is 2.32. The van der Waals surface area contributed by atoms with Gasteiger partial charge in [-0.05, 0) is 245 Å². The fraction of sp³-hybridized carbons (Fsp3) is 0. The lowest BCUT2D eigenvalue weighted by Gasteiger charge is -2.19. The highest BCUT2D eigenvalue weighted by molar-refractivity contribution is 6.24. The maximum atomic E-state index is 5.41. The van der Waals surface area contributed by atoms with Crippen LogP contribution in [0.1, 0.15) is 27.8 Å². The van der Waals surface area contributed by atoms with Crippen LogP contribution in [0.4, 0.5) is 0 Å². The number of benzene rings is 16. The lowest BCUT2D eigenvalue weighted by atomic mass is 9.84. The molecule has 0 aliphatic rings. The molecule has 0 aliphatic carbocycles. The molecule has 0 unspecified atom stereocenters. The van der Waals surface area contributed by atoms with E-state index < -0.39 is 0 Å². The third-order valence-corrected chi connectivity index (χ3v) is 22.2. The molecule has 5 heteroatoms. The lowest BCUT2D eigenvalue weighted by molar-refractivity contribution is 1.10. The van der Waals surface area contributed by atoms with Gasteiger partial charge >= 0.3 is 0 Å². The summed E-state index contributed by atoms with van der Waals surface area (Å²) in [6.07, 6.45) is 15.8. The van der Waals surface area contributed by atoms with E-state index in [0.717, 1.165) is 161 Å². The molecule has 0 saturated carbocycles. The fourth-order valence-corrected chi connectivity index (χ4v) is 16.5. The Morgan fingerprint density at radius 1 is 0.252 bits per heavy atom. The van der Waals surface area contributed by atoms with Crippen molar-refractivity contribution < 1.29 is 0 Å². The minimum atomic E-state index is 0.858. The molecule has 0 saturated heterocycles. The quantitative estimate of drug-likeness (QED) is 0.0583. The second kappa shape index (κ2) is 27.5. The predicted molar refractivity (Wildman–Crippen MR) is 472 cm³/mol. The zero-order valence-electron chi connectivity index (χ0n) is 60.7. The molecule has 20 rings (SSSR count). The number of hydrogen-bond donors (Lipinski definition) is 0. The molecule has 0 radical (unpaired) electrons. The van der Waals surface area contributed by atoms with Crippen LogP contribution in [0.3, 0.4) is 0 Å². The zero-order chi connectivity index (χ0) is 74.0. The molecule has 0 spiro atoms. The van der Waals surface area contributed by atoms with Gasteiger partial charge in [0, 0.05) is 51.6 Å². The molecule has 16 aromatic carbocycles. The average molecular weight is 1410 g/mol. The van der Waals surface area contributed by atoms with Gasteiger partial charge in [0.15, 0.2) is 0 Å². The second-order valence-corrected chi connectivity index (χ2v) is 28.7. The molecule has 0 atom stereocenters. The normalized spacial score (nSPS) is 11.7. The molecule has 0 fully saturated rings. The van der Waals surface area contributed by atoms with Crippen molar-refractivity contribution >= 4 is 117 Å². The number of imidazole rings is 1. The topological polar surface area (TPSA) is 56.5 Å². The van der Waals surface area contributed by atoms with Crippen LogP contribution in [-0.2, 0) is 0 Å². The van der Waals surface area contributed by atoms with E-state index in [-0.39, 0.29) is 0 Å². The SMILES string of the molecule is C=Cc1ccc(-c2cc(-c3ccc(C=Cc4cccc5cc(-c6c7ccccc7c(-c7ccc8ccccc8c7)c7cc(-c8ccc(-c9nc%10ccccc%10n9-c9cc(-c%10ccc(C=C)cc%10)cc(-c%10ccc(C=C)cc%10)c9)cc8)ccc67)ccc45)cc3)cc(-c3cnc4c(c3)c3cccnc3c3ncccc43)c2)cc1. The number of nitrogens with zero attached hydrogens (tertiary/aromatic N) is 5. The van der Waals surface area contributed by atoms with Gasteiger partial charge in [0.1, 0.15) is 5.82 Å². The number of pyridine rings is 3. The van der Waals surface area contributed by atoms with E-state index in [1.54, 1.807) is 0 Å². The van der Waals surface area contributed by atoms with Crippen molar-refractivity contribution in [1.29, 1.82) is 0 Å². The maximum absolute atomic E-state index is 5.41. The smallest absolute Gasteiger partial charge is 0.145 e. The van der Waals surface area contributed by atoms with Crippen molar-refractivity contribution in [3.05, 3.63) is 400 Å². The van der Waals surface area contributed by atoms with E-state index in [2.05, 4.69) is 358 Å². The first-order valence-corrected chi connectivity index (χ1v) is 37.6. The first-order chi connectivity index (χ1) is 54.8. The van der Waals surface area contributed by atoms with Gasteiger partial charge in [-0.25, -0.2) is 4.98 Å². The van der Waals surface area contributed by atoms with Crippen LogP contribution in [0.5, 0.6) is 0 Å². The summed E-state index contributed by atoms with van der Waals surface area (Å²) in [5, 5.41) is 12.6. The molecule has 111 heavy (non-hydrogen) atoms. The van der Waals surface area contributed by atoms with Gasteiger partial charge in [0.05, 0.1) is 27.6 Å². The van der Waals surface area contributed by atoms with Gasteiger partial charge in [0.25, 0.3) is 0 Å². The Kier molecular flexibility index (Phi) is 16.3. The van der Waals surface area contributed by atoms with Crippen LogP contribution < -0.4 is 0 Å². The number of para-hydroxylation sites is 2. The first kappa shape index (κ1) is 65.7. The molecule has 0 bridgehead atoms. The number of rotatable bonds is 15. The number of aromatic nitrogens is 5. The average Bonchev–Trinajstić information content (AvgIpc) is 1.33. The van der Waals surface area contributed by atoms with E-state index in [4.69, 9.17) is 19.9 Å². The van der Waals surface area contributed by atoms with Crippen molar-refractivity contribution in [2.45, 2.75) is 0 Å². The standard InChI is InChI=1S/C106H69N5/c1-4-67-26-35-73(36-27-67)84-58-85(60-86(59-84)89-65-98-95-22-14-54-107-104(95)105-96(23-15-55-108-105)103(98)109-66-89)74-41-32-70(33-42-74)34-43-77-18-13-19-81-57-83(51-52-91(77)81)101-92-20-9-10-21-93(92)102(82-49-46-71-16-7-8-17-79(71)56-82)97-64-80(50-53-94(97)101)72-44-47-78(48-45-72)106-110-99-24-11-12-25-100(99)111(106)90-62-87(75-37-28-68(5-2)29-38-75)61-88(63-90)76-39-30-69(6-3)31-40-76/h4-66H,1-3H2. The Morgan fingerprint density at radius 2 is 0.703 bits per heavy atom. The summed E-state index contributed by atoms with van der Waals surface area (Å²) in [5.41, 5.74) is 30.1. The van der Waals surface area contributed by atoms with E-state index >= 15 is 0 Å². The molecule has 518 valence electrons. The van der Waals surface area contributed by atoms with Crippen molar-refractivity contribution in [2.24, 2.45) is 0 Å². The molecular weight excluding hydrogens is 1340 g/mol. The van der Waals surface area contributed by atoms with Crippen molar-refractivity contribution in [1.82, 2.24) is 24.5 Å². The van der Waals surface area contributed by atoms with Crippen LogP contribution in [0.15, 0.2) is 372 Å². The van der Waals surface area contributed by atoms with Gasteiger partial charge in [-0.2, -0.15) is 0 Å². The first-order valence-electron chi connectivity index (χ1n) is 37.6. The Balaban J connectivity index is 0.651. The van der Waals surface area contributed by atoms with E-state index in [1.807, 2.05) is 49.0 Å². The minimum Gasteiger partial charge on any atom is -0.292 e. The molecule has 0 aliphatic heterocycles. The number of hydrogen-bond acceptors (Lipinski definition) is 4. The maximum Gasteiger partial charge on any atom is 0.145 e. The fourth-order valence-electron chi connectivity index (χ4n) is 16.5. The van der Waals surface area contributed by atoms with Gasteiger partial charge in [-0.15, -0.1) is 0 Å². The summed E-state index contributed by atoms with van der Waals surface area (Å²) in [7, 11) is 0. The highest BCUT2D eigenvalue weighted by Crippen LogP contribution is 2.47. The highest BCUT2D eigenvalue weighted by atomic mass is 15.1. The van der Waals surface area contributed by atoms with Crippen LogP contribution >= 0.6 is 0 Å². The molecular formula is C106H69N5. The van der Waals surface area contributed by atoms with Crippen LogP contribution in [-0.4, -0.2) is 24.5 Å².